The molecule has 0 spiro atoms. The van der Waals surface area contributed by atoms with Crippen LogP contribution in [0.2, 0.25) is 0 Å². The van der Waals surface area contributed by atoms with Gasteiger partial charge < -0.3 is 15.0 Å². The van der Waals surface area contributed by atoms with E-state index in [0.29, 0.717) is 55.8 Å². The lowest BCUT2D eigenvalue weighted by atomic mass is 10.0. The Bertz CT molecular complexity index is 1430. The molecule has 11 nitrogen and oxygen atoms in total. The van der Waals surface area contributed by atoms with E-state index in [4.69, 9.17) is 4.74 Å². The summed E-state index contributed by atoms with van der Waals surface area (Å²) in [5.41, 5.74) is 2.67. The van der Waals surface area contributed by atoms with E-state index >= 15 is 0 Å². The molecular weight excluding hydrogens is 486 g/mol. The summed E-state index contributed by atoms with van der Waals surface area (Å²) >= 11 is 0. The van der Waals surface area contributed by atoms with Crippen molar-refractivity contribution in [1.82, 2.24) is 34.7 Å². The van der Waals surface area contributed by atoms with Crippen LogP contribution in [0.3, 0.4) is 0 Å². The number of fused-ring (bicyclic) bond motifs is 2. The minimum absolute atomic E-state index is 0.00729. The highest BCUT2D eigenvalue weighted by Gasteiger charge is 2.30. The number of nitrogens with one attached hydrogen (secondary N) is 2. The average Bonchev–Trinajstić information content (AvgIpc) is 3.12. The first-order chi connectivity index (χ1) is 18.2. The third-order valence-electron chi connectivity index (χ3n) is 6.91. The average molecular weight is 520 g/mol. The fraction of sp³-hybridized carbons (Fsp3) is 0.481. The fourth-order valence-electron chi connectivity index (χ4n) is 5.22. The van der Waals surface area contributed by atoms with Crippen LogP contribution < -0.4 is 11.0 Å². The van der Waals surface area contributed by atoms with Gasteiger partial charge in [0.05, 0.1) is 29.4 Å². The normalized spacial score (nSPS) is 18.4. The molecule has 3 aromatic heterocycles. The van der Waals surface area contributed by atoms with E-state index in [1.165, 1.54) is 0 Å². The molecule has 0 radical (unpaired) electrons. The van der Waals surface area contributed by atoms with Gasteiger partial charge in [-0.3, -0.25) is 24.3 Å². The predicted octanol–water partition coefficient (Wildman–Crippen LogP) is 3.51. The topological polar surface area (TPSA) is 135 Å². The van der Waals surface area contributed by atoms with E-state index in [1.807, 2.05) is 43.9 Å². The minimum Gasteiger partial charge on any atom is -0.444 e. The summed E-state index contributed by atoms with van der Waals surface area (Å²) in [6.07, 6.45) is 9.24. The second kappa shape index (κ2) is 10.4. The van der Waals surface area contributed by atoms with Crippen molar-refractivity contribution in [1.29, 1.82) is 0 Å². The maximum atomic E-state index is 13.3. The second-order valence-electron chi connectivity index (χ2n) is 10.8. The molecule has 3 aromatic rings. The van der Waals surface area contributed by atoms with Crippen LogP contribution in [0.15, 0.2) is 41.6 Å². The third-order valence-corrected chi connectivity index (χ3v) is 6.91. The molecule has 1 aliphatic carbocycles. The predicted molar refractivity (Wildman–Crippen MR) is 141 cm³/mol. The number of imidazole rings is 1. The molecule has 200 valence electrons. The van der Waals surface area contributed by atoms with Crippen LogP contribution in [-0.2, 0) is 9.53 Å². The number of aromatic amines is 1. The Labute approximate surface area is 220 Å². The zero-order chi connectivity index (χ0) is 26.9. The largest absolute Gasteiger partial charge is 0.444 e. The van der Waals surface area contributed by atoms with Crippen molar-refractivity contribution in [2.24, 2.45) is 0 Å². The number of nitrogens with zero attached hydrogens (tertiary/aromatic N) is 5. The van der Waals surface area contributed by atoms with Gasteiger partial charge in [0.2, 0.25) is 5.91 Å². The Morgan fingerprint density at radius 2 is 1.87 bits per heavy atom. The molecule has 2 N–H and O–H groups in total. The molecule has 5 rings (SSSR count). The van der Waals surface area contributed by atoms with E-state index in [-0.39, 0.29) is 30.1 Å². The summed E-state index contributed by atoms with van der Waals surface area (Å²) in [6, 6.07) is 3.35. The van der Waals surface area contributed by atoms with Gasteiger partial charge >= 0.3 is 11.8 Å². The van der Waals surface area contributed by atoms with Crippen LogP contribution in [0.4, 0.5) is 4.79 Å². The number of amides is 2. The number of alkyl carbamates (subject to hydrolysis) is 1. The van der Waals surface area contributed by atoms with Crippen molar-refractivity contribution >= 4 is 28.7 Å². The van der Waals surface area contributed by atoms with Crippen LogP contribution in [0.1, 0.15) is 76.3 Å². The highest BCUT2D eigenvalue weighted by molar-refractivity contribution is 5.89. The molecule has 38 heavy (non-hydrogen) atoms. The monoisotopic (exact) mass is 519 g/mol. The highest BCUT2D eigenvalue weighted by Crippen LogP contribution is 2.32. The summed E-state index contributed by atoms with van der Waals surface area (Å²) in [5, 5.41) is 2.92. The van der Waals surface area contributed by atoms with Gasteiger partial charge in [0.25, 0.3) is 0 Å². The van der Waals surface area contributed by atoms with Crippen LogP contribution in [0, 0.1) is 0 Å². The summed E-state index contributed by atoms with van der Waals surface area (Å²) in [4.78, 5) is 56.3. The first-order valence-electron chi connectivity index (χ1n) is 13.0. The van der Waals surface area contributed by atoms with Crippen LogP contribution in [0.5, 0.6) is 0 Å². The van der Waals surface area contributed by atoms with Crippen molar-refractivity contribution in [3.05, 3.63) is 58.7 Å². The van der Waals surface area contributed by atoms with Gasteiger partial charge in [0, 0.05) is 37.7 Å². The van der Waals surface area contributed by atoms with Gasteiger partial charge in [-0.05, 0) is 64.2 Å². The lowest BCUT2D eigenvalue weighted by molar-refractivity contribution is -0.131. The molecule has 4 heterocycles. The van der Waals surface area contributed by atoms with E-state index in [2.05, 4.69) is 25.3 Å². The molecule has 2 amide bonds. The zero-order valence-electron chi connectivity index (χ0n) is 21.9. The number of carbonyl (C=O) groups is 2. The first-order valence-corrected chi connectivity index (χ1v) is 13.0. The number of pyridine rings is 1. The number of rotatable bonds is 4. The van der Waals surface area contributed by atoms with Crippen molar-refractivity contribution in [2.45, 2.75) is 70.6 Å². The van der Waals surface area contributed by atoms with Crippen LogP contribution in [-0.4, -0.2) is 60.1 Å². The Hall–Kier alpha value is -4.02. The highest BCUT2D eigenvalue weighted by atomic mass is 16.6. The molecule has 0 unspecified atom stereocenters. The van der Waals surface area contributed by atoms with Gasteiger partial charge in [-0.1, -0.05) is 6.08 Å². The number of allylic oxidation sites excluding steroid dienone is 1. The van der Waals surface area contributed by atoms with E-state index in [9.17, 15) is 14.4 Å². The molecule has 2 aliphatic rings. The summed E-state index contributed by atoms with van der Waals surface area (Å²) < 4.78 is 7.20. The number of hydrogen-bond donors (Lipinski definition) is 2. The molecule has 0 saturated carbocycles. The van der Waals surface area contributed by atoms with Crippen molar-refractivity contribution in [3.8, 4) is 0 Å². The molecule has 0 aromatic carbocycles. The Morgan fingerprint density at radius 3 is 2.63 bits per heavy atom. The smallest absolute Gasteiger partial charge is 0.408 e. The Kier molecular flexibility index (Phi) is 7.00. The number of likely N-dealkylation sites (tertiary alicyclic amines) is 1. The van der Waals surface area contributed by atoms with Crippen LogP contribution in [0.25, 0.3) is 16.7 Å². The van der Waals surface area contributed by atoms with E-state index in [0.717, 1.165) is 11.1 Å². The van der Waals surface area contributed by atoms with Crippen LogP contribution >= 0.6 is 0 Å². The summed E-state index contributed by atoms with van der Waals surface area (Å²) in [6.45, 7) is 6.57. The molecule has 1 saturated heterocycles. The number of carbonyl (C=O) groups excluding carboxylic acids is 2. The maximum Gasteiger partial charge on any atom is 0.408 e. The molecule has 11 heteroatoms. The molecule has 1 fully saturated rings. The van der Waals surface area contributed by atoms with E-state index in [1.54, 1.807) is 23.2 Å². The van der Waals surface area contributed by atoms with Gasteiger partial charge in [-0.15, -0.1) is 0 Å². The van der Waals surface area contributed by atoms with Gasteiger partial charge in [0.1, 0.15) is 5.60 Å². The van der Waals surface area contributed by atoms with Gasteiger partial charge in [0.15, 0.2) is 5.65 Å². The number of piperidine rings is 1. The molecule has 0 bridgehead atoms. The number of ether oxygens (including phenoxy) is 1. The fourth-order valence-corrected chi connectivity index (χ4v) is 5.22. The summed E-state index contributed by atoms with van der Waals surface area (Å²) in [7, 11) is 0. The lowest BCUT2D eigenvalue weighted by Crippen LogP contribution is -2.40. The Morgan fingerprint density at radius 1 is 1.11 bits per heavy atom. The third kappa shape index (κ3) is 5.46. The van der Waals surface area contributed by atoms with Gasteiger partial charge in [-0.25, -0.2) is 14.6 Å². The lowest BCUT2D eigenvalue weighted by Gasteiger charge is -2.32. The maximum absolute atomic E-state index is 13.3. The number of aromatic nitrogens is 5. The van der Waals surface area contributed by atoms with E-state index < -0.39 is 11.7 Å². The number of hydrogen-bond acceptors (Lipinski definition) is 7. The zero-order valence-corrected chi connectivity index (χ0v) is 21.9. The minimum atomic E-state index is -0.609. The Balaban J connectivity index is 1.25. The van der Waals surface area contributed by atoms with Gasteiger partial charge in [-0.2, -0.15) is 0 Å². The molecule has 1 atom stereocenters. The SMILES string of the molecule is CC(C)(C)OC(=O)N[C@H]1CCC=C(CC(=O)N2CCC(n3c(=O)[nH]c4ncccc43)CC2)c2nccnc21. The first kappa shape index (κ1) is 25.6. The quantitative estimate of drug-likeness (QED) is 0.538. The molecule has 1 aliphatic heterocycles. The molecular formula is C27H33N7O4. The summed E-state index contributed by atoms with van der Waals surface area (Å²) in [5.74, 6) is 0.0118. The van der Waals surface area contributed by atoms with Crippen molar-refractivity contribution < 1.29 is 14.3 Å². The van der Waals surface area contributed by atoms with Crippen molar-refractivity contribution in [2.75, 3.05) is 13.1 Å². The standard InChI is InChI=1S/C27H33N7O4/c1-27(2,3)38-26(37)31-19-7-4-6-17(22-23(19)29-13-12-28-22)16-21(35)33-14-9-18(10-15-33)34-20-8-5-11-30-24(20)32-25(34)36/h5-6,8,11-13,18-19H,4,7,9-10,14-16H2,1-3H3,(H,31,37)(H,30,32,36)/t19-/m0/s1. The second-order valence-corrected chi connectivity index (χ2v) is 10.8. The van der Waals surface area contributed by atoms with Crippen molar-refractivity contribution in [3.63, 3.8) is 0 Å². The number of H-pyrrole nitrogens is 1.